The van der Waals surface area contributed by atoms with Gasteiger partial charge in [-0.15, -0.1) is 0 Å². The molecule has 1 atom stereocenters. The minimum Gasteiger partial charge on any atom is -0.374 e. The molecule has 0 heterocycles. The molecule has 1 aromatic carbocycles. The first-order valence-electron chi connectivity index (χ1n) is 6.61. The number of anilines is 1. The van der Waals surface area contributed by atoms with Crippen LogP contribution in [0.2, 0.25) is 0 Å². The number of nitrogens with two attached hydrogens (primary N) is 1. The molecule has 0 bridgehead atoms. The Balaban J connectivity index is 2.81. The molecule has 0 aromatic heterocycles. The summed E-state index contributed by atoms with van der Waals surface area (Å²) in [5.41, 5.74) is 8.71. The first-order chi connectivity index (χ1) is 8.06. The van der Waals surface area contributed by atoms with Crippen LogP contribution < -0.4 is 10.6 Å². The van der Waals surface area contributed by atoms with Crippen LogP contribution in [-0.2, 0) is 0 Å². The second kappa shape index (κ2) is 6.65. The van der Waals surface area contributed by atoms with E-state index in [0.717, 1.165) is 18.9 Å². The van der Waals surface area contributed by atoms with E-state index in [1.54, 1.807) is 0 Å². The van der Waals surface area contributed by atoms with Gasteiger partial charge in [0.05, 0.1) is 0 Å². The summed E-state index contributed by atoms with van der Waals surface area (Å²) in [6.07, 6.45) is 2.20. The molecule has 1 aromatic rings. The monoisotopic (exact) mass is 234 g/mol. The third-order valence-electron chi connectivity index (χ3n) is 3.23. The Morgan fingerprint density at radius 1 is 1.24 bits per heavy atom. The smallest absolute Gasteiger partial charge is 0.0412 e. The minimum atomic E-state index is 0.146. The van der Waals surface area contributed by atoms with Gasteiger partial charge in [-0.2, -0.15) is 0 Å². The Kier molecular flexibility index (Phi) is 5.49. The summed E-state index contributed by atoms with van der Waals surface area (Å²) in [5, 5.41) is 0. The van der Waals surface area contributed by atoms with Gasteiger partial charge < -0.3 is 10.6 Å². The predicted octanol–water partition coefficient (Wildman–Crippen LogP) is 3.58. The van der Waals surface area contributed by atoms with Crippen molar-refractivity contribution >= 4 is 5.69 Å². The summed E-state index contributed by atoms with van der Waals surface area (Å²) in [6, 6.07) is 8.63. The van der Waals surface area contributed by atoms with Crippen LogP contribution in [0.3, 0.4) is 0 Å². The average molecular weight is 234 g/mol. The van der Waals surface area contributed by atoms with Crippen molar-refractivity contribution in [1.82, 2.24) is 0 Å². The van der Waals surface area contributed by atoms with E-state index in [4.69, 9.17) is 5.73 Å². The van der Waals surface area contributed by atoms with Gasteiger partial charge in [0.1, 0.15) is 0 Å². The Morgan fingerprint density at radius 3 is 2.47 bits per heavy atom. The standard InChI is InChI=1S/C15H26N2/c1-5-14(16)13-8-6-7-9-15(13)17(4)11-10-12(2)3/h6-9,12,14H,5,10-11,16H2,1-4H3. The molecule has 1 unspecified atom stereocenters. The lowest BCUT2D eigenvalue weighted by molar-refractivity contribution is 0.583. The van der Waals surface area contributed by atoms with Crippen molar-refractivity contribution in [2.45, 2.75) is 39.7 Å². The largest absolute Gasteiger partial charge is 0.374 e. The van der Waals surface area contributed by atoms with Crippen LogP contribution in [0.5, 0.6) is 0 Å². The Bertz CT molecular complexity index is 333. The normalized spacial score (nSPS) is 12.8. The van der Waals surface area contributed by atoms with E-state index < -0.39 is 0 Å². The van der Waals surface area contributed by atoms with Crippen LogP contribution in [-0.4, -0.2) is 13.6 Å². The molecule has 0 radical (unpaired) electrons. The maximum Gasteiger partial charge on any atom is 0.0412 e. The molecular weight excluding hydrogens is 208 g/mol. The fourth-order valence-electron chi connectivity index (χ4n) is 1.94. The summed E-state index contributed by atoms with van der Waals surface area (Å²) < 4.78 is 0. The van der Waals surface area contributed by atoms with E-state index in [2.05, 4.69) is 57.0 Å². The maximum atomic E-state index is 6.16. The molecule has 17 heavy (non-hydrogen) atoms. The molecule has 0 amide bonds. The van der Waals surface area contributed by atoms with Gasteiger partial charge in [-0.05, 0) is 30.4 Å². The molecule has 0 fully saturated rings. The second-order valence-electron chi connectivity index (χ2n) is 5.18. The first kappa shape index (κ1) is 14.0. The van der Waals surface area contributed by atoms with Crippen LogP contribution in [0.25, 0.3) is 0 Å². The first-order valence-corrected chi connectivity index (χ1v) is 6.61. The van der Waals surface area contributed by atoms with E-state index in [9.17, 15) is 0 Å². The van der Waals surface area contributed by atoms with Crippen LogP contribution in [0, 0.1) is 5.92 Å². The SMILES string of the molecule is CCC(N)c1ccccc1N(C)CCC(C)C. The van der Waals surface area contributed by atoms with Crippen LogP contribution in [0.4, 0.5) is 5.69 Å². The average Bonchev–Trinajstić information content (AvgIpc) is 2.34. The van der Waals surface area contributed by atoms with E-state index >= 15 is 0 Å². The van der Waals surface area contributed by atoms with E-state index in [-0.39, 0.29) is 6.04 Å². The summed E-state index contributed by atoms with van der Waals surface area (Å²) >= 11 is 0. The highest BCUT2D eigenvalue weighted by Gasteiger charge is 2.11. The van der Waals surface area contributed by atoms with Crippen molar-refractivity contribution in [3.8, 4) is 0 Å². The topological polar surface area (TPSA) is 29.3 Å². The summed E-state index contributed by atoms with van der Waals surface area (Å²) in [7, 11) is 2.16. The zero-order valence-corrected chi connectivity index (χ0v) is 11.6. The van der Waals surface area contributed by atoms with Crippen molar-refractivity contribution in [3.63, 3.8) is 0 Å². The number of nitrogens with zero attached hydrogens (tertiary/aromatic N) is 1. The maximum absolute atomic E-state index is 6.16. The second-order valence-corrected chi connectivity index (χ2v) is 5.18. The van der Waals surface area contributed by atoms with Gasteiger partial charge in [-0.3, -0.25) is 0 Å². The summed E-state index contributed by atoms with van der Waals surface area (Å²) in [6.45, 7) is 7.75. The highest BCUT2D eigenvalue weighted by molar-refractivity contribution is 5.54. The van der Waals surface area contributed by atoms with E-state index in [0.29, 0.717) is 0 Å². The molecule has 0 aliphatic rings. The molecule has 96 valence electrons. The fraction of sp³-hybridized carbons (Fsp3) is 0.600. The zero-order valence-electron chi connectivity index (χ0n) is 11.6. The van der Waals surface area contributed by atoms with Crippen molar-refractivity contribution in [2.75, 3.05) is 18.5 Å². The lowest BCUT2D eigenvalue weighted by Crippen LogP contribution is -2.23. The summed E-state index contributed by atoms with van der Waals surface area (Å²) in [4.78, 5) is 2.32. The molecule has 0 saturated carbocycles. The zero-order chi connectivity index (χ0) is 12.8. The van der Waals surface area contributed by atoms with Gasteiger partial charge in [0.25, 0.3) is 0 Å². The lowest BCUT2D eigenvalue weighted by Gasteiger charge is -2.25. The fourth-order valence-corrected chi connectivity index (χ4v) is 1.94. The molecule has 0 aliphatic heterocycles. The van der Waals surface area contributed by atoms with Gasteiger partial charge >= 0.3 is 0 Å². The Morgan fingerprint density at radius 2 is 1.88 bits per heavy atom. The molecule has 0 saturated heterocycles. The van der Waals surface area contributed by atoms with Crippen LogP contribution >= 0.6 is 0 Å². The Hall–Kier alpha value is -1.02. The van der Waals surface area contributed by atoms with Gasteiger partial charge in [0, 0.05) is 25.3 Å². The predicted molar refractivity (Wildman–Crippen MR) is 76.4 cm³/mol. The third kappa shape index (κ3) is 4.04. The van der Waals surface area contributed by atoms with Crippen LogP contribution in [0.1, 0.15) is 45.2 Å². The van der Waals surface area contributed by atoms with E-state index in [1.165, 1.54) is 17.7 Å². The molecule has 0 spiro atoms. The van der Waals surface area contributed by atoms with E-state index in [1.807, 2.05) is 0 Å². The molecule has 2 N–H and O–H groups in total. The molecular formula is C15H26N2. The van der Waals surface area contributed by atoms with Crippen molar-refractivity contribution < 1.29 is 0 Å². The van der Waals surface area contributed by atoms with Gasteiger partial charge in [0.15, 0.2) is 0 Å². The number of benzene rings is 1. The lowest BCUT2D eigenvalue weighted by atomic mass is 10.0. The van der Waals surface area contributed by atoms with Crippen molar-refractivity contribution in [2.24, 2.45) is 11.7 Å². The number of hydrogen-bond acceptors (Lipinski definition) is 2. The van der Waals surface area contributed by atoms with Crippen LogP contribution in [0.15, 0.2) is 24.3 Å². The number of rotatable bonds is 6. The van der Waals surface area contributed by atoms with Gasteiger partial charge in [-0.25, -0.2) is 0 Å². The number of hydrogen-bond donors (Lipinski definition) is 1. The van der Waals surface area contributed by atoms with Crippen molar-refractivity contribution in [1.29, 1.82) is 0 Å². The molecule has 2 nitrogen and oxygen atoms in total. The quantitative estimate of drug-likeness (QED) is 0.815. The minimum absolute atomic E-state index is 0.146. The van der Waals surface area contributed by atoms with Gasteiger partial charge in [-0.1, -0.05) is 39.0 Å². The molecule has 0 aliphatic carbocycles. The molecule has 2 heteroatoms. The summed E-state index contributed by atoms with van der Waals surface area (Å²) in [5.74, 6) is 0.740. The van der Waals surface area contributed by atoms with Crippen molar-refractivity contribution in [3.05, 3.63) is 29.8 Å². The number of para-hydroxylation sites is 1. The highest BCUT2D eigenvalue weighted by atomic mass is 15.1. The highest BCUT2D eigenvalue weighted by Crippen LogP contribution is 2.26. The van der Waals surface area contributed by atoms with Gasteiger partial charge in [0.2, 0.25) is 0 Å². The molecule has 1 rings (SSSR count). The third-order valence-corrected chi connectivity index (χ3v) is 3.23. The Labute approximate surface area is 106 Å².